The van der Waals surface area contributed by atoms with Crippen LogP contribution in [0.2, 0.25) is 0 Å². The van der Waals surface area contributed by atoms with E-state index in [-0.39, 0.29) is 31.3 Å². The first-order valence-corrected chi connectivity index (χ1v) is 9.12. The van der Waals surface area contributed by atoms with Crippen LogP contribution in [-0.2, 0) is 18.3 Å². The molecule has 23 heavy (non-hydrogen) atoms. The summed E-state index contributed by atoms with van der Waals surface area (Å²) in [6.45, 7) is -0.427. The van der Waals surface area contributed by atoms with E-state index in [4.69, 9.17) is 15.0 Å². The summed E-state index contributed by atoms with van der Waals surface area (Å²) in [7, 11) is -4.15. The minimum Gasteiger partial charge on any atom is -0.384 e. The van der Waals surface area contributed by atoms with Gasteiger partial charge >= 0.3 is 13.9 Å². The largest absolute Gasteiger partial charge is 0.472 e. The van der Waals surface area contributed by atoms with Gasteiger partial charge in [0.25, 0.3) is 0 Å². The van der Waals surface area contributed by atoms with Gasteiger partial charge in [0.2, 0.25) is 0 Å². The van der Waals surface area contributed by atoms with Crippen molar-refractivity contribution in [3.8, 4) is 0 Å². The molecule has 0 spiro atoms. The first-order valence-electron chi connectivity index (χ1n) is 6.99. The molecule has 0 aromatic rings. The quantitative estimate of drug-likeness (QED) is 0.444. The van der Waals surface area contributed by atoms with Gasteiger partial charge in [-0.25, -0.2) is 13.8 Å². The Kier molecular flexibility index (Phi) is 6.40. The Balaban J connectivity index is 1.82. The number of amidine groups is 1. The van der Waals surface area contributed by atoms with Crippen LogP contribution in [0, 0.1) is 0 Å². The number of thiol groups is 1. The summed E-state index contributed by atoms with van der Waals surface area (Å²) in [6.07, 6.45) is -1.78. The van der Waals surface area contributed by atoms with Gasteiger partial charge in [0.1, 0.15) is 12.1 Å². The molecule has 1 saturated heterocycles. The number of nitrogens with zero attached hydrogens (tertiary/aromatic N) is 2. The molecule has 0 aromatic heterocycles. The molecule has 4 atom stereocenters. The van der Waals surface area contributed by atoms with Crippen molar-refractivity contribution >= 4 is 32.3 Å². The van der Waals surface area contributed by atoms with Crippen molar-refractivity contribution in [2.45, 2.75) is 31.3 Å². The predicted octanol–water partition coefficient (Wildman–Crippen LogP) is 0.686. The van der Waals surface area contributed by atoms with Crippen molar-refractivity contribution in [1.29, 1.82) is 0 Å². The Morgan fingerprint density at radius 2 is 2.26 bits per heavy atom. The van der Waals surface area contributed by atoms with Gasteiger partial charge in [-0.2, -0.15) is 17.6 Å². The number of aliphatic imine (C=N–C) groups is 1. The molecule has 2 unspecified atom stereocenters. The predicted molar refractivity (Wildman–Crippen MR) is 82.1 cm³/mol. The zero-order chi connectivity index (χ0) is 17.0. The molecule has 1 fully saturated rings. The maximum Gasteiger partial charge on any atom is 0.472 e. The number of phosphoric ester groups is 1. The Bertz CT molecular complexity index is 524. The number of hydrogen-bond acceptors (Lipinski definition) is 7. The molecule has 0 aliphatic carbocycles. The fourth-order valence-corrected chi connectivity index (χ4v) is 3.23. The third-order valence-corrected chi connectivity index (χ3v) is 4.52. The minimum atomic E-state index is -4.15. The van der Waals surface area contributed by atoms with Gasteiger partial charge in [0.15, 0.2) is 6.17 Å². The van der Waals surface area contributed by atoms with E-state index in [1.54, 1.807) is 0 Å². The smallest absolute Gasteiger partial charge is 0.384 e. The number of carbonyl (C=O) groups is 1. The number of alkyl halides is 1. The molecule has 0 bridgehead atoms. The van der Waals surface area contributed by atoms with Crippen molar-refractivity contribution in [1.82, 2.24) is 4.90 Å². The van der Waals surface area contributed by atoms with Gasteiger partial charge < -0.3 is 15.4 Å². The number of carbonyl (C=O) groups excluding carboxylic acids is 1. The van der Waals surface area contributed by atoms with Crippen LogP contribution in [0.3, 0.4) is 0 Å². The molecule has 9 nitrogen and oxygen atoms in total. The molecule has 2 rings (SSSR count). The van der Waals surface area contributed by atoms with Gasteiger partial charge in [-0.3, -0.25) is 13.9 Å². The molecule has 0 aromatic carbocycles. The molecule has 132 valence electrons. The molecule has 2 heterocycles. The molecule has 2 aliphatic heterocycles. The van der Waals surface area contributed by atoms with Crippen LogP contribution in [0.5, 0.6) is 0 Å². The van der Waals surface area contributed by atoms with Gasteiger partial charge in [-0.1, -0.05) is 0 Å². The van der Waals surface area contributed by atoms with E-state index in [0.717, 1.165) is 4.90 Å². The number of urea groups is 1. The number of rotatable bonds is 7. The molecule has 3 N–H and O–H groups in total. The lowest BCUT2D eigenvalue weighted by atomic mass is 10.2. The topological polar surface area (TPSA) is 124 Å². The number of halogens is 1. The Morgan fingerprint density at radius 1 is 1.52 bits per heavy atom. The SMILES string of the molecule is NC1=NC(=O)N([C@@H]2CC[C@H](COP(=O)(O)OCCS)O2)CC1F. The van der Waals surface area contributed by atoms with E-state index in [2.05, 4.69) is 22.1 Å². The van der Waals surface area contributed by atoms with Gasteiger partial charge in [0.05, 0.1) is 25.9 Å². The van der Waals surface area contributed by atoms with Crippen LogP contribution >= 0.6 is 20.5 Å². The fraction of sp³-hybridized carbons (Fsp3) is 0.818. The lowest BCUT2D eigenvalue weighted by molar-refractivity contribution is -0.0534. The Hall–Kier alpha value is -0.710. The van der Waals surface area contributed by atoms with Crippen LogP contribution < -0.4 is 5.73 Å². The van der Waals surface area contributed by atoms with E-state index in [0.29, 0.717) is 12.8 Å². The van der Waals surface area contributed by atoms with E-state index in [9.17, 15) is 18.6 Å². The first kappa shape index (κ1) is 18.6. The molecular weight excluding hydrogens is 352 g/mol. The van der Waals surface area contributed by atoms with Crippen molar-refractivity contribution in [2.75, 3.05) is 25.5 Å². The molecule has 2 aliphatic rings. The van der Waals surface area contributed by atoms with Crippen LogP contribution in [0.25, 0.3) is 0 Å². The lowest BCUT2D eigenvalue weighted by Gasteiger charge is -2.31. The molecular formula is C11H19FN3O6PS. The summed E-state index contributed by atoms with van der Waals surface area (Å²) in [6, 6.07) is -0.659. The van der Waals surface area contributed by atoms with Crippen molar-refractivity contribution in [2.24, 2.45) is 10.7 Å². The summed E-state index contributed by atoms with van der Waals surface area (Å²) < 4.78 is 40.1. The van der Waals surface area contributed by atoms with Crippen LogP contribution in [0.4, 0.5) is 9.18 Å². The van der Waals surface area contributed by atoms with Crippen LogP contribution in [-0.4, -0.2) is 65.7 Å². The first-order chi connectivity index (χ1) is 10.8. The minimum absolute atomic E-state index is 0.0232. The normalized spacial score (nSPS) is 31.1. The second kappa shape index (κ2) is 7.91. The molecule has 12 heteroatoms. The van der Waals surface area contributed by atoms with E-state index >= 15 is 0 Å². The van der Waals surface area contributed by atoms with Crippen molar-refractivity contribution < 1.29 is 32.4 Å². The Labute approximate surface area is 138 Å². The summed E-state index contributed by atoms with van der Waals surface area (Å²) >= 11 is 3.86. The average molecular weight is 371 g/mol. The van der Waals surface area contributed by atoms with Gasteiger partial charge in [-0.05, 0) is 12.8 Å². The maximum atomic E-state index is 13.6. The van der Waals surface area contributed by atoms with E-state index in [1.165, 1.54) is 0 Å². The van der Waals surface area contributed by atoms with Gasteiger partial charge in [0, 0.05) is 5.75 Å². The number of nitrogens with two attached hydrogens (primary N) is 1. The molecule has 0 radical (unpaired) electrons. The highest BCUT2D eigenvalue weighted by molar-refractivity contribution is 7.80. The second-order valence-corrected chi connectivity index (χ2v) is 6.95. The second-order valence-electron chi connectivity index (χ2n) is 5.05. The van der Waals surface area contributed by atoms with Crippen LogP contribution in [0.1, 0.15) is 12.8 Å². The standard InChI is InChI=1S/C11H19FN3O6PS/c12-8-5-15(11(16)14-10(8)13)9-2-1-7(21-9)6-20-22(17,18)19-3-4-23/h7-9,23H,1-6H2,(H,17,18)(H2,13,14,16)/t7-,8?,9+/m1/s1. The third kappa shape index (κ3) is 5.13. The van der Waals surface area contributed by atoms with E-state index in [1.807, 2.05) is 0 Å². The van der Waals surface area contributed by atoms with Crippen molar-refractivity contribution in [3.05, 3.63) is 0 Å². The monoisotopic (exact) mass is 371 g/mol. The highest BCUT2D eigenvalue weighted by Gasteiger charge is 2.38. The van der Waals surface area contributed by atoms with Gasteiger partial charge in [-0.15, -0.1) is 0 Å². The highest BCUT2D eigenvalue weighted by atomic mass is 32.1. The zero-order valence-electron chi connectivity index (χ0n) is 12.2. The summed E-state index contributed by atoms with van der Waals surface area (Å²) in [5.74, 6) is -0.0622. The number of phosphoric acid groups is 1. The zero-order valence-corrected chi connectivity index (χ0v) is 14.0. The fourth-order valence-electron chi connectivity index (χ4n) is 2.24. The van der Waals surface area contributed by atoms with Crippen molar-refractivity contribution in [3.63, 3.8) is 0 Å². The highest BCUT2D eigenvalue weighted by Crippen LogP contribution is 2.43. The lowest BCUT2D eigenvalue weighted by Crippen LogP contribution is -2.50. The maximum absolute atomic E-state index is 13.6. The molecule has 2 amide bonds. The Morgan fingerprint density at radius 3 is 2.96 bits per heavy atom. The number of hydrogen-bond donors (Lipinski definition) is 3. The van der Waals surface area contributed by atoms with E-state index < -0.39 is 32.4 Å². The molecule has 0 saturated carbocycles. The number of amides is 2. The average Bonchev–Trinajstić information content (AvgIpc) is 2.96. The summed E-state index contributed by atoms with van der Waals surface area (Å²) in [5.41, 5.74) is 5.28. The third-order valence-electron chi connectivity index (χ3n) is 3.35. The summed E-state index contributed by atoms with van der Waals surface area (Å²) in [4.78, 5) is 25.7. The number of ether oxygens (including phenoxy) is 1. The van der Waals surface area contributed by atoms with Crippen LogP contribution in [0.15, 0.2) is 4.99 Å². The summed E-state index contributed by atoms with van der Waals surface area (Å²) in [5, 5.41) is 0.